The molecule has 102 valence electrons. The Hall–Kier alpha value is -2.93. The fraction of sp³-hybridized carbons (Fsp3) is 0.118. The SMILES string of the molecule is CN(Cc1cccc2ccccc12)c1nccnc1C#N. The van der Waals surface area contributed by atoms with E-state index in [1.807, 2.05) is 30.1 Å². The van der Waals surface area contributed by atoms with Gasteiger partial charge < -0.3 is 4.90 Å². The minimum absolute atomic E-state index is 0.347. The third kappa shape index (κ3) is 2.54. The Labute approximate surface area is 123 Å². The first-order valence-corrected chi connectivity index (χ1v) is 6.68. The number of fused-ring (bicyclic) bond motifs is 1. The molecule has 0 atom stereocenters. The Morgan fingerprint density at radius 1 is 1.05 bits per heavy atom. The first-order chi connectivity index (χ1) is 10.3. The molecule has 3 aromatic rings. The lowest BCUT2D eigenvalue weighted by atomic mass is 10.0. The number of anilines is 1. The van der Waals surface area contributed by atoms with Gasteiger partial charge in [0, 0.05) is 26.0 Å². The van der Waals surface area contributed by atoms with Crippen molar-refractivity contribution in [2.45, 2.75) is 6.54 Å². The minimum Gasteiger partial charge on any atom is -0.353 e. The maximum atomic E-state index is 9.13. The van der Waals surface area contributed by atoms with E-state index in [0.717, 1.165) is 0 Å². The molecule has 0 amide bonds. The predicted octanol–water partition coefficient (Wildman–Crippen LogP) is 3.14. The number of aromatic nitrogens is 2. The van der Waals surface area contributed by atoms with E-state index in [9.17, 15) is 0 Å². The van der Waals surface area contributed by atoms with E-state index in [2.05, 4.69) is 40.3 Å². The molecular weight excluding hydrogens is 260 g/mol. The van der Waals surface area contributed by atoms with Crippen LogP contribution in [0.5, 0.6) is 0 Å². The molecule has 0 aliphatic heterocycles. The predicted molar refractivity (Wildman–Crippen MR) is 82.8 cm³/mol. The second-order valence-electron chi connectivity index (χ2n) is 4.83. The Morgan fingerprint density at radius 3 is 2.67 bits per heavy atom. The quantitative estimate of drug-likeness (QED) is 0.736. The summed E-state index contributed by atoms with van der Waals surface area (Å²) in [6.07, 6.45) is 3.14. The van der Waals surface area contributed by atoms with Crippen LogP contribution < -0.4 is 4.90 Å². The van der Waals surface area contributed by atoms with Crippen LogP contribution in [0, 0.1) is 11.3 Å². The zero-order valence-corrected chi connectivity index (χ0v) is 11.7. The topological polar surface area (TPSA) is 52.8 Å². The van der Waals surface area contributed by atoms with Gasteiger partial charge in [0.25, 0.3) is 0 Å². The number of hydrogen-bond acceptors (Lipinski definition) is 4. The van der Waals surface area contributed by atoms with Crippen LogP contribution in [0.25, 0.3) is 10.8 Å². The van der Waals surface area contributed by atoms with Gasteiger partial charge >= 0.3 is 0 Å². The summed E-state index contributed by atoms with van der Waals surface area (Å²) in [5, 5.41) is 11.6. The van der Waals surface area contributed by atoms with Crippen molar-refractivity contribution < 1.29 is 0 Å². The number of hydrogen-bond donors (Lipinski definition) is 0. The van der Waals surface area contributed by atoms with E-state index < -0.39 is 0 Å². The van der Waals surface area contributed by atoms with Crippen LogP contribution in [0.4, 0.5) is 5.82 Å². The molecule has 3 rings (SSSR count). The second-order valence-corrected chi connectivity index (χ2v) is 4.83. The molecule has 0 saturated carbocycles. The molecule has 0 spiro atoms. The highest BCUT2D eigenvalue weighted by Gasteiger charge is 2.11. The van der Waals surface area contributed by atoms with Gasteiger partial charge in [-0.1, -0.05) is 42.5 Å². The Balaban J connectivity index is 1.97. The first kappa shape index (κ1) is 13.1. The molecule has 0 radical (unpaired) electrons. The van der Waals surface area contributed by atoms with E-state index >= 15 is 0 Å². The van der Waals surface area contributed by atoms with E-state index in [-0.39, 0.29) is 0 Å². The molecule has 0 N–H and O–H groups in total. The summed E-state index contributed by atoms with van der Waals surface area (Å²) in [6, 6.07) is 16.6. The minimum atomic E-state index is 0.347. The molecule has 0 aliphatic carbocycles. The molecule has 0 saturated heterocycles. The second kappa shape index (κ2) is 5.59. The fourth-order valence-electron chi connectivity index (χ4n) is 2.45. The molecule has 2 aromatic carbocycles. The van der Waals surface area contributed by atoms with Crippen molar-refractivity contribution in [3.05, 3.63) is 66.1 Å². The lowest BCUT2D eigenvalue weighted by Crippen LogP contribution is -2.19. The van der Waals surface area contributed by atoms with Gasteiger partial charge in [-0.15, -0.1) is 0 Å². The van der Waals surface area contributed by atoms with Crippen molar-refractivity contribution in [2.24, 2.45) is 0 Å². The van der Waals surface area contributed by atoms with Gasteiger partial charge in [-0.3, -0.25) is 0 Å². The lowest BCUT2D eigenvalue weighted by Gasteiger charge is -2.19. The maximum absolute atomic E-state index is 9.13. The van der Waals surface area contributed by atoms with E-state index in [1.165, 1.54) is 22.5 Å². The highest BCUT2D eigenvalue weighted by atomic mass is 15.2. The fourth-order valence-corrected chi connectivity index (χ4v) is 2.45. The van der Waals surface area contributed by atoms with Crippen molar-refractivity contribution in [1.82, 2.24) is 9.97 Å². The van der Waals surface area contributed by atoms with Crippen LogP contribution in [-0.4, -0.2) is 17.0 Å². The van der Waals surface area contributed by atoms with Crippen molar-refractivity contribution in [3.8, 4) is 6.07 Å². The van der Waals surface area contributed by atoms with Crippen LogP contribution in [0.3, 0.4) is 0 Å². The van der Waals surface area contributed by atoms with Crippen LogP contribution in [0.15, 0.2) is 54.9 Å². The van der Waals surface area contributed by atoms with Crippen LogP contribution >= 0.6 is 0 Å². The molecule has 0 fully saturated rings. The van der Waals surface area contributed by atoms with Gasteiger partial charge in [-0.25, -0.2) is 9.97 Å². The molecule has 1 aromatic heterocycles. The van der Waals surface area contributed by atoms with Gasteiger partial charge in [0.15, 0.2) is 11.5 Å². The first-order valence-electron chi connectivity index (χ1n) is 6.68. The van der Waals surface area contributed by atoms with Gasteiger partial charge in [-0.2, -0.15) is 5.26 Å². The van der Waals surface area contributed by atoms with E-state index in [0.29, 0.717) is 18.1 Å². The van der Waals surface area contributed by atoms with Crippen LogP contribution in [0.1, 0.15) is 11.3 Å². The van der Waals surface area contributed by atoms with E-state index in [4.69, 9.17) is 5.26 Å². The van der Waals surface area contributed by atoms with Gasteiger partial charge in [-0.05, 0) is 16.3 Å². The molecule has 0 aliphatic rings. The zero-order valence-electron chi connectivity index (χ0n) is 11.7. The van der Waals surface area contributed by atoms with Crippen LogP contribution in [0.2, 0.25) is 0 Å². The summed E-state index contributed by atoms with van der Waals surface area (Å²) in [6.45, 7) is 0.675. The monoisotopic (exact) mass is 274 g/mol. The standard InChI is InChI=1S/C17H14N4/c1-21(17-16(11-18)19-9-10-20-17)12-14-7-4-6-13-5-2-3-8-15(13)14/h2-10H,12H2,1H3. The molecule has 4 nitrogen and oxygen atoms in total. The Kier molecular flexibility index (Phi) is 3.48. The smallest absolute Gasteiger partial charge is 0.183 e. The highest BCUT2D eigenvalue weighted by Crippen LogP contribution is 2.22. The van der Waals surface area contributed by atoms with E-state index in [1.54, 1.807) is 6.20 Å². The van der Waals surface area contributed by atoms with Gasteiger partial charge in [0.1, 0.15) is 6.07 Å². The molecule has 1 heterocycles. The number of nitrogens with zero attached hydrogens (tertiary/aromatic N) is 4. The summed E-state index contributed by atoms with van der Waals surface area (Å²) in [5.41, 5.74) is 1.55. The average molecular weight is 274 g/mol. The Morgan fingerprint density at radius 2 is 1.81 bits per heavy atom. The maximum Gasteiger partial charge on any atom is 0.183 e. The lowest BCUT2D eigenvalue weighted by molar-refractivity contribution is 0.891. The van der Waals surface area contributed by atoms with Crippen molar-refractivity contribution in [3.63, 3.8) is 0 Å². The van der Waals surface area contributed by atoms with Crippen molar-refractivity contribution in [1.29, 1.82) is 5.26 Å². The number of rotatable bonds is 3. The Bertz CT molecular complexity index is 815. The van der Waals surface area contributed by atoms with Gasteiger partial charge in [0.2, 0.25) is 0 Å². The van der Waals surface area contributed by atoms with Crippen molar-refractivity contribution >= 4 is 16.6 Å². The largest absolute Gasteiger partial charge is 0.353 e. The van der Waals surface area contributed by atoms with Gasteiger partial charge in [0.05, 0.1) is 0 Å². The molecule has 0 bridgehead atoms. The highest BCUT2D eigenvalue weighted by molar-refractivity contribution is 5.85. The summed E-state index contributed by atoms with van der Waals surface area (Å²) in [7, 11) is 1.92. The molecule has 4 heteroatoms. The third-order valence-electron chi connectivity index (χ3n) is 3.43. The zero-order chi connectivity index (χ0) is 14.7. The summed E-state index contributed by atoms with van der Waals surface area (Å²) in [4.78, 5) is 10.3. The molecule has 0 unspecified atom stereocenters. The van der Waals surface area contributed by atoms with Crippen LogP contribution in [-0.2, 0) is 6.54 Å². The number of nitriles is 1. The molecular formula is C17H14N4. The molecule has 21 heavy (non-hydrogen) atoms. The van der Waals surface area contributed by atoms with Crippen molar-refractivity contribution in [2.75, 3.05) is 11.9 Å². The third-order valence-corrected chi connectivity index (χ3v) is 3.43. The summed E-state index contributed by atoms with van der Waals surface area (Å²) >= 11 is 0. The average Bonchev–Trinajstić information content (AvgIpc) is 2.55. The summed E-state index contributed by atoms with van der Waals surface area (Å²) in [5.74, 6) is 0.605. The summed E-state index contributed by atoms with van der Waals surface area (Å²) < 4.78 is 0. The number of benzene rings is 2. The normalized spacial score (nSPS) is 10.3.